The number of phosphoric acid groups is 1. The van der Waals surface area contributed by atoms with E-state index >= 15 is 0 Å². The summed E-state index contributed by atoms with van der Waals surface area (Å²) in [6, 6.07) is -0.845. The molecule has 3 atom stereocenters. The van der Waals surface area contributed by atoms with E-state index in [9.17, 15) is 19.4 Å². The summed E-state index contributed by atoms with van der Waals surface area (Å²) in [4.78, 5) is 23.3. The number of aliphatic hydroxyl groups is 1. The first-order valence-corrected chi connectivity index (χ1v) is 32.0. The summed E-state index contributed by atoms with van der Waals surface area (Å²) in [7, 11) is 1.58. The van der Waals surface area contributed by atoms with Crippen LogP contribution in [0.4, 0.5) is 0 Å². The Kier molecular flexibility index (Phi) is 52.1. The van der Waals surface area contributed by atoms with Gasteiger partial charge >= 0.3 is 7.82 Å². The average molecular weight is 1020 g/mol. The van der Waals surface area contributed by atoms with Crippen LogP contribution >= 0.6 is 7.82 Å². The summed E-state index contributed by atoms with van der Waals surface area (Å²) in [5.74, 6) is -0.174. The summed E-state index contributed by atoms with van der Waals surface area (Å²) >= 11 is 0. The lowest BCUT2D eigenvalue weighted by Crippen LogP contribution is -2.45. The minimum absolute atomic E-state index is 0.0625. The van der Waals surface area contributed by atoms with Crippen LogP contribution in [-0.2, 0) is 18.4 Å². The molecule has 3 N–H and O–H groups in total. The molecule has 0 saturated heterocycles. The molecule has 0 saturated carbocycles. The van der Waals surface area contributed by atoms with Crippen molar-refractivity contribution in [3.05, 3.63) is 48.6 Å². The van der Waals surface area contributed by atoms with E-state index in [2.05, 4.69) is 55.6 Å². The lowest BCUT2D eigenvalue weighted by molar-refractivity contribution is -0.870. The zero-order chi connectivity index (χ0) is 52.0. The third-order valence-corrected chi connectivity index (χ3v) is 14.8. The summed E-state index contributed by atoms with van der Waals surface area (Å²) in [5, 5.41) is 13.9. The maximum absolute atomic E-state index is 13.0. The fourth-order valence-corrected chi connectivity index (χ4v) is 9.73. The first kappa shape index (κ1) is 69.5. The van der Waals surface area contributed by atoms with Gasteiger partial charge in [-0.1, -0.05) is 274 Å². The van der Waals surface area contributed by atoms with Crippen molar-refractivity contribution in [2.45, 2.75) is 302 Å². The van der Waals surface area contributed by atoms with E-state index in [0.29, 0.717) is 17.4 Å². The third kappa shape index (κ3) is 56.0. The number of hydrogen-bond acceptors (Lipinski definition) is 5. The molecule has 8 nitrogen and oxygen atoms in total. The SMILES string of the molecule is CCCCCCC/C=C\C/C=C\C/C=C\CCCCCCCCCCCCCCCCCCCCCCC(=O)NC(COP(=O)(O)OCC[N+](C)(C)C)C(O)/C=C/CCCCCCCCCCCCCC. The van der Waals surface area contributed by atoms with Gasteiger partial charge in [0.15, 0.2) is 0 Å². The van der Waals surface area contributed by atoms with E-state index < -0.39 is 20.0 Å². The Hall–Kier alpha value is -1.54. The van der Waals surface area contributed by atoms with Crippen molar-refractivity contribution in [3.8, 4) is 0 Å². The number of hydrogen-bond donors (Lipinski definition) is 3. The Morgan fingerprint density at radius 1 is 0.479 bits per heavy atom. The van der Waals surface area contributed by atoms with Crippen molar-refractivity contribution < 1.29 is 32.9 Å². The molecule has 0 heterocycles. The number of likely N-dealkylation sites (N-methyl/N-ethyl adjacent to an activating group) is 1. The molecule has 0 fully saturated rings. The van der Waals surface area contributed by atoms with Crippen LogP contribution < -0.4 is 5.32 Å². The molecule has 0 bridgehead atoms. The Bertz CT molecular complexity index is 1290. The predicted octanol–water partition coefficient (Wildman–Crippen LogP) is 18.7. The van der Waals surface area contributed by atoms with Crippen LogP contribution in [0.25, 0.3) is 0 Å². The second-order valence-corrected chi connectivity index (χ2v) is 23.5. The van der Waals surface area contributed by atoms with Gasteiger partial charge in [0.1, 0.15) is 13.2 Å². The second kappa shape index (κ2) is 53.3. The monoisotopic (exact) mass is 1020 g/mol. The standard InChI is InChI=1S/C62H119N2O6P/c1-6-8-10-12-14-16-18-20-22-23-24-25-26-27-28-29-30-31-32-33-34-35-36-37-38-39-40-41-42-44-46-48-50-52-54-56-62(66)63-60(59-70-71(67,68)69-58-57-64(3,4)5)61(65)55-53-51-49-47-45-43-21-19-17-15-13-11-9-7-2/h18,20,23-24,26-27,53,55,60-61,65H,6-17,19,21-22,25,28-52,54,56-59H2,1-5H3,(H-,63,66,67,68)/p+1/b20-18-,24-23-,27-26-,55-53+. The van der Waals surface area contributed by atoms with Gasteiger partial charge in [0, 0.05) is 6.42 Å². The zero-order valence-electron chi connectivity index (χ0n) is 47.7. The highest BCUT2D eigenvalue weighted by Crippen LogP contribution is 2.43. The zero-order valence-corrected chi connectivity index (χ0v) is 48.6. The van der Waals surface area contributed by atoms with Crippen molar-refractivity contribution >= 4 is 13.7 Å². The third-order valence-electron chi connectivity index (χ3n) is 13.8. The number of carbonyl (C=O) groups is 1. The number of allylic oxidation sites excluding steroid dienone is 7. The van der Waals surface area contributed by atoms with Crippen molar-refractivity contribution in [3.63, 3.8) is 0 Å². The van der Waals surface area contributed by atoms with E-state index in [1.54, 1.807) is 6.08 Å². The lowest BCUT2D eigenvalue weighted by atomic mass is 10.0. The van der Waals surface area contributed by atoms with Gasteiger partial charge in [-0.2, -0.15) is 0 Å². The predicted molar refractivity (Wildman–Crippen MR) is 309 cm³/mol. The molecule has 0 spiro atoms. The fraction of sp³-hybridized carbons (Fsp3) is 0.855. The maximum Gasteiger partial charge on any atom is 0.472 e. The van der Waals surface area contributed by atoms with Gasteiger partial charge in [0.25, 0.3) is 0 Å². The number of unbranched alkanes of at least 4 members (excludes halogenated alkanes) is 37. The van der Waals surface area contributed by atoms with Crippen LogP contribution in [0.3, 0.4) is 0 Å². The molecule has 0 aromatic carbocycles. The van der Waals surface area contributed by atoms with Crippen LogP contribution in [0.5, 0.6) is 0 Å². The average Bonchev–Trinajstić information content (AvgIpc) is 3.33. The highest BCUT2D eigenvalue weighted by atomic mass is 31.2. The highest BCUT2D eigenvalue weighted by molar-refractivity contribution is 7.47. The van der Waals surface area contributed by atoms with Crippen molar-refractivity contribution in [1.29, 1.82) is 0 Å². The molecule has 0 aliphatic carbocycles. The second-order valence-electron chi connectivity index (χ2n) is 22.1. The Morgan fingerprint density at radius 3 is 1.17 bits per heavy atom. The minimum Gasteiger partial charge on any atom is -0.387 e. The molecule has 1 amide bonds. The highest BCUT2D eigenvalue weighted by Gasteiger charge is 2.27. The molecule has 0 aromatic heterocycles. The topological polar surface area (TPSA) is 105 Å². The summed E-state index contributed by atoms with van der Waals surface area (Å²) in [5.41, 5.74) is 0. The molecule has 71 heavy (non-hydrogen) atoms. The number of quaternary nitrogens is 1. The number of amides is 1. The van der Waals surface area contributed by atoms with E-state index in [1.807, 2.05) is 27.2 Å². The molecule has 0 radical (unpaired) electrons. The number of nitrogens with zero attached hydrogens (tertiary/aromatic N) is 1. The summed E-state index contributed by atoms with van der Waals surface area (Å²) in [6.45, 7) is 4.82. The van der Waals surface area contributed by atoms with Crippen LogP contribution in [0.1, 0.15) is 290 Å². The quantitative estimate of drug-likeness (QED) is 0.0243. The number of carbonyl (C=O) groups excluding carboxylic acids is 1. The van der Waals surface area contributed by atoms with Crippen LogP contribution in [-0.4, -0.2) is 73.4 Å². The van der Waals surface area contributed by atoms with Gasteiger partial charge in [-0.15, -0.1) is 0 Å². The summed E-state index contributed by atoms with van der Waals surface area (Å²) in [6.07, 6.45) is 70.9. The summed E-state index contributed by atoms with van der Waals surface area (Å²) < 4.78 is 23.7. The number of nitrogens with one attached hydrogen (secondary N) is 1. The number of aliphatic hydroxyl groups excluding tert-OH is 1. The number of phosphoric ester groups is 1. The van der Waals surface area contributed by atoms with E-state index in [0.717, 1.165) is 51.4 Å². The van der Waals surface area contributed by atoms with Gasteiger partial charge in [-0.3, -0.25) is 13.8 Å². The van der Waals surface area contributed by atoms with E-state index in [4.69, 9.17) is 9.05 Å². The normalized spacial score (nSPS) is 14.2. The Morgan fingerprint density at radius 2 is 0.803 bits per heavy atom. The molecule has 3 unspecified atom stereocenters. The minimum atomic E-state index is -4.34. The number of rotatable bonds is 56. The molecule has 0 aliphatic rings. The largest absolute Gasteiger partial charge is 0.472 e. The van der Waals surface area contributed by atoms with E-state index in [1.165, 1.54) is 218 Å². The van der Waals surface area contributed by atoms with Gasteiger partial charge < -0.3 is 19.8 Å². The smallest absolute Gasteiger partial charge is 0.387 e. The molecule has 0 rings (SSSR count). The molecule has 0 aromatic rings. The molecule has 9 heteroatoms. The molecular weight excluding hydrogens is 900 g/mol. The van der Waals surface area contributed by atoms with Gasteiger partial charge in [0.2, 0.25) is 5.91 Å². The van der Waals surface area contributed by atoms with Crippen LogP contribution in [0, 0.1) is 0 Å². The van der Waals surface area contributed by atoms with Crippen molar-refractivity contribution in [2.24, 2.45) is 0 Å². The molecule has 0 aliphatic heterocycles. The first-order valence-electron chi connectivity index (χ1n) is 30.5. The maximum atomic E-state index is 13.0. The lowest BCUT2D eigenvalue weighted by Gasteiger charge is -2.25. The Balaban J connectivity index is 3.98. The van der Waals surface area contributed by atoms with Crippen molar-refractivity contribution in [1.82, 2.24) is 5.32 Å². The van der Waals surface area contributed by atoms with Crippen LogP contribution in [0.2, 0.25) is 0 Å². The molecule has 418 valence electrons. The first-order chi connectivity index (χ1) is 34.5. The Labute approximate surface area is 441 Å². The fourth-order valence-electron chi connectivity index (χ4n) is 8.99. The van der Waals surface area contributed by atoms with Crippen LogP contribution in [0.15, 0.2) is 48.6 Å². The molecular formula is C62H120N2O6P+. The van der Waals surface area contributed by atoms with Gasteiger partial charge in [-0.25, -0.2) is 4.57 Å². The van der Waals surface area contributed by atoms with E-state index in [-0.39, 0.29) is 19.1 Å². The van der Waals surface area contributed by atoms with Gasteiger partial charge in [-0.05, 0) is 57.8 Å². The van der Waals surface area contributed by atoms with Gasteiger partial charge in [0.05, 0.1) is 39.9 Å². The van der Waals surface area contributed by atoms with Crippen molar-refractivity contribution in [2.75, 3.05) is 40.9 Å².